The van der Waals surface area contributed by atoms with Crippen LogP contribution in [0.1, 0.15) is 5.56 Å². The summed E-state index contributed by atoms with van der Waals surface area (Å²) in [5.41, 5.74) is 2.33. The van der Waals surface area contributed by atoms with Gasteiger partial charge in [-0.3, -0.25) is 5.10 Å². The van der Waals surface area contributed by atoms with Gasteiger partial charge in [0.15, 0.2) is 0 Å². The number of hydrogen-bond donors (Lipinski definition) is 1. The molecule has 0 saturated heterocycles. The normalized spacial score (nSPS) is 10.2. The second-order valence-corrected chi connectivity index (χ2v) is 3.69. The van der Waals surface area contributed by atoms with Crippen LogP contribution >= 0.6 is 11.3 Å². The zero-order chi connectivity index (χ0) is 9.10. The Labute approximate surface area is 80.9 Å². The van der Waals surface area contributed by atoms with Crippen LogP contribution < -0.4 is 0 Å². The average molecular weight is 190 g/mol. The standard InChI is InChI=1S/C10H10N2S/c1-2-4-8-7-11-12-10(8)9-5-3-6-13-9/h2-3,5-7H,1,4H2,(H,11,12). The number of hydrogen-bond acceptors (Lipinski definition) is 2. The summed E-state index contributed by atoms with van der Waals surface area (Å²) in [4.78, 5) is 1.23. The highest BCUT2D eigenvalue weighted by atomic mass is 32.1. The van der Waals surface area contributed by atoms with Gasteiger partial charge in [-0.1, -0.05) is 12.1 Å². The van der Waals surface area contributed by atoms with E-state index in [2.05, 4.69) is 28.2 Å². The number of nitrogens with one attached hydrogen (secondary N) is 1. The predicted octanol–water partition coefficient (Wildman–Crippen LogP) is 2.87. The molecule has 13 heavy (non-hydrogen) atoms. The van der Waals surface area contributed by atoms with E-state index in [-0.39, 0.29) is 0 Å². The monoisotopic (exact) mass is 190 g/mol. The highest BCUT2D eigenvalue weighted by molar-refractivity contribution is 7.13. The average Bonchev–Trinajstić information content (AvgIpc) is 2.71. The molecule has 0 aliphatic rings. The Morgan fingerprint density at radius 3 is 3.23 bits per heavy atom. The van der Waals surface area contributed by atoms with E-state index in [1.807, 2.05) is 18.3 Å². The Bertz CT molecular complexity index is 387. The van der Waals surface area contributed by atoms with E-state index < -0.39 is 0 Å². The second kappa shape index (κ2) is 3.58. The Balaban J connectivity index is 2.40. The van der Waals surface area contributed by atoms with Crippen LogP contribution in [-0.2, 0) is 6.42 Å². The number of nitrogens with zero attached hydrogens (tertiary/aromatic N) is 1. The summed E-state index contributed by atoms with van der Waals surface area (Å²) in [7, 11) is 0. The molecule has 0 aromatic carbocycles. The van der Waals surface area contributed by atoms with Crippen molar-refractivity contribution in [1.29, 1.82) is 0 Å². The van der Waals surface area contributed by atoms with Gasteiger partial charge in [0.05, 0.1) is 16.8 Å². The molecule has 0 aliphatic heterocycles. The van der Waals surface area contributed by atoms with Gasteiger partial charge in [0.25, 0.3) is 0 Å². The number of aromatic nitrogens is 2. The molecule has 0 unspecified atom stereocenters. The predicted molar refractivity (Wildman–Crippen MR) is 55.8 cm³/mol. The molecule has 2 heterocycles. The van der Waals surface area contributed by atoms with Gasteiger partial charge in [-0.05, 0) is 17.9 Å². The maximum Gasteiger partial charge on any atom is 0.0785 e. The molecule has 0 bridgehead atoms. The van der Waals surface area contributed by atoms with Crippen LogP contribution in [-0.4, -0.2) is 10.2 Å². The Morgan fingerprint density at radius 1 is 1.62 bits per heavy atom. The third-order valence-corrected chi connectivity index (χ3v) is 2.74. The summed E-state index contributed by atoms with van der Waals surface area (Å²) in [6, 6.07) is 4.13. The van der Waals surface area contributed by atoms with Gasteiger partial charge in [-0.15, -0.1) is 17.9 Å². The molecule has 0 atom stereocenters. The molecule has 1 N–H and O–H groups in total. The van der Waals surface area contributed by atoms with Crippen molar-refractivity contribution in [3.05, 3.63) is 41.9 Å². The first-order valence-electron chi connectivity index (χ1n) is 4.09. The minimum Gasteiger partial charge on any atom is -0.277 e. The molecule has 0 saturated carbocycles. The number of rotatable bonds is 3. The fraction of sp³-hybridized carbons (Fsp3) is 0.100. The highest BCUT2D eigenvalue weighted by Gasteiger charge is 2.06. The van der Waals surface area contributed by atoms with Crippen molar-refractivity contribution in [3.63, 3.8) is 0 Å². The molecule has 0 fully saturated rings. The Morgan fingerprint density at radius 2 is 2.54 bits per heavy atom. The molecule has 0 aliphatic carbocycles. The van der Waals surface area contributed by atoms with E-state index in [0.29, 0.717) is 0 Å². The van der Waals surface area contributed by atoms with Crippen molar-refractivity contribution in [3.8, 4) is 10.6 Å². The summed E-state index contributed by atoms with van der Waals surface area (Å²) in [5, 5.41) is 9.10. The van der Waals surface area contributed by atoms with Crippen LogP contribution in [0.15, 0.2) is 36.4 Å². The molecule has 2 rings (SSSR count). The first-order valence-corrected chi connectivity index (χ1v) is 4.97. The zero-order valence-corrected chi connectivity index (χ0v) is 7.97. The van der Waals surface area contributed by atoms with Gasteiger partial charge in [0.2, 0.25) is 0 Å². The molecule has 2 aromatic heterocycles. The maximum absolute atomic E-state index is 4.03. The lowest BCUT2D eigenvalue weighted by molar-refractivity contribution is 1.10. The minimum absolute atomic E-state index is 0.865. The summed E-state index contributed by atoms with van der Waals surface area (Å²) >= 11 is 1.72. The molecule has 0 spiro atoms. The lowest BCUT2D eigenvalue weighted by Gasteiger charge is -1.95. The van der Waals surface area contributed by atoms with Crippen molar-refractivity contribution in [2.24, 2.45) is 0 Å². The van der Waals surface area contributed by atoms with Crippen molar-refractivity contribution >= 4 is 11.3 Å². The first-order chi connectivity index (χ1) is 6.42. The van der Waals surface area contributed by atoms with Gasteiger partial charge in [0.1, 0.15) is 0 Å². The third-order valence-electron chi connectivity index (χ3n) is 1.85. The fourth-order valence-electron chi connectivity index (χ4n) is 1.26. The van der Waals surface area contributed by atoms with Crippen LogP contribution in [0.3, 0.4) is 0 Å². The number of aromatic amines is 1. The van der Waals surface area contributed by atoms with Crippen molar-refractivity contribution < 1.29 is 0 Å². The van der Waals surface area contributed by atoms with Crippen LogP contribution in [0.5, 0.6) is 0 Å². The molecule has 0 amide bonds. The molecule has 66 valence electrons. The quantitative estimate of drug-likeness (QED) is 0.741. The van der Waals surface area contributed by atoms with Gasteiger partial charge in [-0.2, -0.15) is 5.10 Å². The van der Waals surface area contributed by atoms with Crippen LogP contribution in [0.4, 0.5) is 0 Å². The van der Waals surface area contributed by atoms with Gasteiger partial charge in [-0.25, -0.2) is 0 Å². The Kier molecular flexibility index (Phi) is 2.27. The fourth-order valence-corrected chi connectivity index (χ4v) is 2.01. The van der Waals surface area contributed by atoms with Gasteiger partial charge >= 0.3 is 0 Å². The van der Waals surface area contributed by atoms with E-state index in [1.54, 1.807) is 11.3 Å². The van der Waals surface area contributed by atoms with E-state index in [4.69, 9.17) is 0 Å². The van der Waals surface area contributed by atoms with Crippen molar-refractivity contribution in [1.82, 2.24) is 10.2 Å². The third kappa shape index (κ3) is 1.55. The molecular weight excluding hydrogens is 180 g/mol. The minimum atomic E-state index is 0.865. The second-order valence-electron chi connectivity index (χ2n) is 2.74. The number of H-pyrrole nitrogens is 1. The lowest BCUT2D eigenvalue weighted by atomic mass is 10.1. The van der Waals surface area contributed by atoms with E-state index in [9.17, 15) is 0 Å². The van der Waals surface area contributed by atoms with E-state index in [0.717, 1.165) is 12.1 Å². The summed E-state index contributed by atoms with van der Waals surface area (Å²) < 4.78 is 0. The van der Waals surface area contributed by atoms with E-state index in [1.165, 1.54) is 10.4 Å². The molecule has 0 radical (unpaired) electrons. The van der Waals surface area contributed by atoms with Crippen LogP contribution in [0.2, 0.25) is 0 Å². The largest absolute Gasteiger partial charge is 0.277 e. The molecule has 2 nitrogen and oxygen atoms in total. The number of allylic oxidation sites excluding steroid dienone is 1. The van der Waals surface area contributed by atoms with Crippen molar-refractivity contribution in [2.75, 3.05) is 0 Å². The van der Waals surface area contributed by atoms with Gasteiger partial charge < -0.3 is 0 Å². The Hall–Kier alpha value is -1.35. The molecular formula is C10H10N2S. The topological polar surface area (TPSA) is 28.7 Å². The van der Waals surface area contributed by atoms with E-state index >= 15 is 0 Å². The number of thiophene rings is 1. The molecule has 2 aromatic rings. The summed E-state index contributed by atoms with van der Waals surface area (Å²) in [5.74, 6) is 0. The lowest BCUT2D eigenvalue weighted by Crippen LogP contribution is -1.80. The van der Waals surface area contributed by atoms with Crippen molar-refractivity contribution in [2.45, 2.75) is 6.42 Å². The zero-order valence-electron chi connectivity index (χ0n) is 7.16. The first kappa shape index (κ1) is 8.26. The van der Waals surface area contributed by atoms with Crippen LogP contribution in [0.25, 0.3) is 10.6 Å². The smallest absolute Gasteiger partial charge is 0.0785 e. The maximum atomic E-state index is 4.03. The highest BCUT2D eigenvalue weighted by Crippen LogP contribution is 2.25. The molecule has 3 heteroatoms. The van der Waals surface area contributed by atoms with Crippen LogP contribution in [0, 0.1) is 0 Å². The summed E-state index contributed by atoms with van der Waals surface area (Å²) in [6.07, 6.45) is 4.61. The van der Waals surface area contributed by atoms with Gasteiger partial charge in [0, 0.05) is 5.56 Å². The summed E-state index contributed by atoms with van der Waals surface area (Å²) in [6.45, 7) is 3.72. The SMILES string of the molecule is C=CCc1cn[nH]c1-c1cccs1.